The van der Waals surface area contributed by atoms with Gasteiger partial charge < -0.3 is 12.5 Å². The van der Waals surface area contributed by atoms with Crippen LogP contribution >= 0.6 is 0 Å². The molecule has 0 aliphatic heterocycles. The van der Waals surface area contributed by atoms with Gasteiger partial charge >= 0.3 is 29.6 Å². The van der Waals surface area contributed by atoms with Gasteiger partial charge in [-0.25, -0.2) is 0 Å². The summed E-state index contributed by atoms with van der Waals surface area (Å²) in [7, 11) is -4.75. The second-order valence-corrected chi connectivity index (χ2v) is 9.06. The Labute approximate surface area is 209 Å². The maximum absolute atomic E-state index is 13.3. The van der Waals surface area contributed by atoms with E-state index in [0.717, 1.165) is 11.6 Å². The summed E-state index contributed by atoms with van der Waals surface area (Å²) in [5, 5.41) is 3.02. The Bertz CT molecular complexity index is 1360. The first-order valence-electron chi connectivity index (χ1n) is 9.59. The Morgan fingerprint density at radius 1 is 0.938 bits per heavy atom. The molecular formula is C23H21N2NaO5S. The molecule has 0 amide bonds. The van der Waals surface area contributed by atoms with E-state index in [1.807, 2.05) is 12.1 Å². The summed E-state index contributed by atoms with van der Waals surface area (Å²) in [4.78, 5) is 25.8. The third-order valence-corrected chi connectivity index (χ3v) is 6.23. The number of rotatable bonds is 4. The average Bonchev–Trinajstić information content (AvgIpc) is 2.72. The average molecular weight is 460 g/mol. The fourth-order valence-corrected chi connectivity index (χ4v) is 4.36. The van der Waals surface area contributed by atoms with Crippen LogP contribution in [0.5, 0.6) is 0 Å². The minimum Gasteiger partial charge on any atom is -1.00 e. The van der Waals surface area contributed by atoms with Crippen molar-refractivity contribution in [3.8, 4) is 0 Å². The molecule has 0 spiro atoms. The number of carbonyl (C=O) groups is 2. The third kappa shape index (κ3) is 4.12. The van der Waals surface area contributed by atoms with E-state index in [-0.39, 0.29) is 58.9 Å². The first kappa shape index (κ1) is 24.2. The van der Waals surface area contributed by atoms with Gasteiger partial charge in [-0.3, -0.25) is 14.1 Å². The molecule has 1 aliphatic carbocycles. The van der Waals surface area contributed by atoms with Crippen LogP contribution in [0, 0.1) is 0 Å². The second-order valence-electron chi connectivity index (χ2n) is 7.67. The number of hydrogen-bond donors (Lipinski definition) is 3. The fourth-order valence-electron chi connectivity index (χ4n) is 3.71. The van der Waals surface area contributed by atoms with Crippen LogP contribution in [0.25, 0.3) is 0 Å². The fraction of sp³-hybridized carbons (Fsp3) is 0.130. The van der Waals surface area contributed by atoms with Gasteiger partial charge in [0.1, 0.15) is 4.90 Å². The maximum atomic E-state index is 13.3. The van der Waals surface area contributed by atoms with Crippen molar-refractivity contribution in [2.75, 3.05) is 11.1 Å². The van der Waals surface area contributed by atoms with E-state index in [0.29, 0.717) is 11.6 Å². The Morgan fingerprint density at radius 3 is 1.97 bits per heavy atom. The molecule has 0 bridgehead atoms. The summed E-state index contributed by atoms with van der Waals surface area (Å²) in [5.41, 5.74) is 7.35. The number of nitrogens with one attached hydrogen (secondary N) is 1. The van der Waals surface area contributed by atoms with Gasteiger partial charge in [0.05, 0.1) is 22.5 Å². The molecule has 3 aromatic carbocycles. The number of carbonyl (C=O) groups excluding carboxylic acids is 2. The van der Waals surface area contributed by atoms with Crippen LogP contribution in [0.3, 0.4) is 0 Å². The largest absolute Gasteiger partial charge is 1.00 e. The van der Waals surface area contributed by atoms with Crippen LogP contribution in [-0.4, -0.2) is 24.5 Å². The molecule has 4 rings (SSSR count). The van der Waals surface area contributed by atoms with Gasteiger partial charge in [0.2, 0.25) is 0 Å². The first-order valence-corrected chi connectivity index (χ1v) is 11.0. The predicted molar refractivity (Wildman–Crippen MR) is 119 cm³/mol. The van der Waals surface area contributed by atoms with Gasteiger partial charge in [0.25, 0.3) is 10.1 Å². The third-order valence-electron chi connectivity index (χ3n) is 5.33. The van der Waals surface area contributed by atoms with Crippen molar-refractivity contribution in [3.63, 3.8) is 0 Å². The summed E-state index contributed by atoms with van der Waals surface area (Å²) in [6.45, 7) is 4.11. The number of anilines is 3. The van der Waals surface area contributed by atoms with Crippen LogP contribution in [0.4, 0.5) is 17.1 Å². The van der Waals surface area contributed by atoms with E-state index >= 15 is 0 Å². The number of fused-ring (bicyclic) bond motifs is 2. The number of nitrogens with two attached hydrogens (primary N) is 1. The van der Waals surface area contributed by atoms with Gasteiger partial charge in [-0.2, -0.15) is 8.42 Å². The Balaban J connectivity index is 0.00000193. The summed E-state index contributed by atoms with van der Waals surface area (Å²) < 4.78 is 33.6. The molecule has 4 N–H and O–H groups in total. The van der Waals surface area contributed by atoms with E-state index in [9.17, 15) is 22.6 Å². The van der Waals surface area contributed by atoms with Gasteiger partial charge in [-0.1, -0.05) is 50.2 Å². The Hall–Kier alpha value is -2.49. The normalized spacial score (nSPS) is 12.8. The predicted octanol–water partition coefficient (Wildman–Crippen LogP) is 1.27. The molecule has 1 aliphatic rings. The van der Waals surface area contributed by atoms with E-state index < -0.39 is 32.3 Å². The summed E-state index contributed by atoms with van der Waals surface area (Å²) in [6, 6.07) is 14.7. The van der Waals surface area contributed by atoms with Crippen molar-refractivity contribution in [2.45, 2.75) is 24.7 Å². The van der Waals surface area contributed by atoms with Crippen molar-refractivity contribution in [1.82, 2.24) is 0 Å². The minimum atomic E-state index is -4.75. The molecule has 0 fully saturated rings. The van der Waals surface area contributed by atoms with Crippen LogP contribution in [-0.2, 0) is 10.1 Å². The van der Waals surface area contributed by atoms with Crippen LogP contribution in [0.15, 0.2) is 59.5 Å². The molecule has 0 saturated carbocycles. The van der Waals surface area contributed by atoms with Crippen molar-refractivity contribution < 1.29 is 53.5 Å². The number of nitrogen functional groups attached to an aromatic ring is 1. The van der Waals surface area contributed by atoms with Gasteiger partial charge in [0, 0.05) is 16.8 Å². The molecule has 0 heterocycles. The molecule has 0 atom stereocenters. The maximum Gasteiger partial charge on any atom is 1.00 e. The standard InChI is InChI=1S/C23H20N2O5S.Na.H/c1-12(2)13-7-9-14(10-8-13)25-17-11-18(31(28,29)30)21(24)20-19(17)22(26)15-5-3-4-6-16(15)23(20)27;;/h3-12,25H,24H2,1-2H3,(H,28,29,30);;/q;+1;-1. The second kappa shape index (κ2) is 8.80. The summed E-state index contributed by atoms with van der Waals surface area (Å²) in [6.07, 6.45) is 0. The van der Waals surface area contributed by atoms with Crippen molar-refractivity contribution in [1.29, 1.82) is 0 Å². The molecule has 3 aromatic rings. The Morgan fingerprint density at radius 2 is 1.47 bits per heavy atom. The summed E-state index contributed by atoms with van der Waals surface area (Å²) >= 11 is 0. The monoisotopic (exact) mass is 460 g/mol. The van der Waals surface area contributed by atoms with Crippen LogP contribution in [0.2, 0.25) is 0 Å². The quantitative estimate of drug-likeness (QED) is 0.238. The minimum absolute atomic E-state index is 0. The zero-order valence-corrected chi connectivity index (χ0v) is 20.7. The topological polar surface area (TPSA) is 127 Å². The molecule has 9 heteroatoms. The summed E-state index contributed by atoms with van der Waals surface area (Å²) in [5.74, 6) is -0.716. The van der Waals surface area contributed by atoms with Crippen molar-refractivity contribution >= 4 is 38.7 Å². The van der Waals surface area contributed by atoms with E-state index in [4.69, 9.17) is 5.73 Å². The van der Waals surface area contributed by atoms with Gasteiger partial charge in [-0.15, -0.1) is 0 Å². The molecule has 32 heavy (non-hydrogen) atoms. The Kier molecular flexibility index (Phi) is 6.65. The zero-order valence-electron chi connectivity index (χ0n) is 18.8. The molecule has 160 valence electrons. The molecular weight excluding hydrogens is 439 g/mol. The van der Waals surface area contributed by atoms with Crippen LogP contribution in [0.1, 0.15) is 58.6 Å². The molecule has 0 aromatic heterocycles. The smallest absolute Gasteiger partial charge is 1.00 e. The molecule has 0 saturated heterocycles. The van der Waals surface area contributed by atoms with Crippen LogP contribution < -0.4 is 40.6 Å². The number of hydrogen-bond acceptors (Lipinski definition) is 6. The van der Waals surface area contributed by atoms with Gasteiger partial charge in [0.15, 0.2) is 11.6 Å². The number of benzene rings is 3. The molecule has 7 nitrogen and oxygen atoms in total. The van der Waals surface area contributed by atoms with E-state index in [2.05, 4.69) is 19.2 Å². The molecule has 0 radical (unpaired) electrons. The van der Waals surface area contributed by atoms with Gasteiger partial charge in [-0.05, 0) is 29.7 Å². The van der Waals surface area contributed by atoms with Crippen molar-refractivity contribution in [2.24, 2.45) is 0 Å². The first-order chi connectivity index (χ1) is 14.6. The zero-order chi connectivity index (χ0) is 22.5. The molecule has 0 unspecified atom stereocenters. The SMILES string of the molecule is CC(C)c1ccc(Nc2cc(S(=O)(=O)O)c(N)c3c2C(=O)c2ccccc2C3=O)cc1.[H-].[Na+]. The van der Waals surface area contributed by atoms with Crippen molar-refractivity contribution in [3.05, 3.63) is 82.4 Å². The van der Waals surface area contributed by atoms with E-state index in [1.165, 1.54) is 12.1 Å². The number of ketones is 2. The van der Waals surface area contributed by atoms with E-state index in [1.54, 1.807) is 24.3 Å².